The highest BCUT2D eigenvalue weighted by atomic mass is 32.1. The molecule has 0 aromatic carbocycles. The second-order valence-corrected chi connectivity index (χ2v) is 6.69. The molecule has 0 aliphatic carbocycles. The number of hydrogen-bond acceptors (Lipinski definition) is 8. The first-order valence-electron chi connectivity index (χ1n) is 8.49. The number of thiol groups is 2. The Hall–Kier alpha value is -1.50. The van der Waals surface area contributed by atoms with Crippen LogP contribution in [-0.2, 0) is 19.2 Å². The summed E-state index contributed by atoms with van der Waals surface area (Å²) in [5.74, 6) is -3.15. The van der Waals surface area contributed by atoms with Gasteiger partial charge in [0.05, 0.1) is 6.04 Å². The van der Waals surface area contributed by atoms with Crippen LogP contribution in [0, 0.1) is 0 Å². The van der Waals surface area contributed by atoms with Gasteiger partial charge >= 0.3 is 5.97 Å². The second kappa shape index (κ2) is 13.6. The van der Waals surface area contributed by atoms with E-state index in [0.717, 1.165) is 0 Å². The summed E-state index contributed by atoms with van der Waals surface area (Å²) in [5.41, 5.74) is 10.9. The molecule has 0 saturated carbocycles. The number of unbranched alkanes of at least 4 members (excludes halogenated alkanes) is 1. The molecule has 0 fully saturated rings. The zero-order chi connectivity index (χ0) is 21.0. The zero-order valence-corrected chi connectivity index (χ0v) is 17.0. The van der Waals surface area contributed by atoms with Gasteiger partial charge in [-0.15, -0.1) is 0 Å². The first kappa shape index (κ1) is 25.5. The largest absolute Gasteiger partial charge is 0.480 e. The lowest BCUT2D eigenvalue weighted by Gasteiger charge is -2.24. The molecule has 0 rings (SSSR count). The molecular weight excluding hydrogens is 394 g/mol. The van der Waals surface area contributed by atoms with E-state index in [4.69, 9.17) is 16.6 Å². The summed E-state index contributed by atoms with van der Waals surface area (Å²) in [7, 11) is 0. The molecule has 12 heteroatoms. The molecule has 4 unspecified atom stereocenters. The smallest absolute Gasteiger partial charge is 0.327 e. The van der Waals surface area contributed by atoms with Crippen molar-refractivity contribution in [2.45, 2.75) is 50.4 Å². The fraction of sp³-hybridized carbons (Fsp3) is 0.733. The zero-order valence-electron chi connectivity index (χ0n) is 15.2. The first-order chi connectivity index (χ1) is 12.7. The van der Waals surface area contributed by atoms with Crippen LogP contribution in [0.3, 0.4) is 0 Å². The van der Waals surface area contributed by atoms with Gasteiger partial charge in [0.25, 0.3) is 0 Å². The van der Waals surface area contributed by atoms with Crippen LogP contribution in [0.5, 0.6) is 0 Å². The average molecular weight is 424 g/mol. The Kier molecular flexibility index (Phi) is 12.9. The van der Waals surface area contributed by atoms with Crippen molar-refractivity contribution in [3.05, 3.63) is 0 Å². The van der Waals surface area contributed by atoms with E-state index >= 15 is 0 Å². The Morgan fingerprint density at radius 3 is 1.81 bits per heavy atom. The lowest BCUT2D eigenvalue weighted by Crippen LogP contribution is -2.57. The number of amides is 3. The number of carbonyl (C=O) groups is 4. The summed E-state index contributed by atoms with van der Waals surface area (Å²) in [5, 5.41) is 16.3. The van der Waals surface area contributed by atoms with E-state index in [1.165, 1.54) is 6.92 Å². The van der Waals surface area contributed by atoms with Crippen molar-refractivity contribution in [2.75, 3.05) is 18.1 Å². The highest BCUT2D eigenvalue weighted by molar-refractivity contribution is 7.80. The van der Waals surface area contributed by atoms with Crippen LogP contribution in [0.15, 0.2) is 0 Å². The van der Waals surface area contributed by atoms with Crippen molar-refractivity contribution in [2.24, 2.45) is 11.5 Å². The Balaban J connectivity index is 5.10. The van der Waals surface area contributed by atoms with E-state index in [9.17, 15) is 19.2 Å². The van der Waals surface area contributed by atoms with Crippen LogP contribution >= 0.6 is 25.3 Å². The monoisotopic (exact) mass is 423 g/mol. The van der Waals surface area contributed by atoms with Gasteiger partial charge in [-0.25, -0.2) is 4.79 Å². The third-order valence-electron chi connectivity index (χ3n) is 3.61. The summed E-state index contributed by atoms with van der Waals surface area (Å²) in [4.78, 5) is 47.6. The predicted octanol–water partition coefficient (Wildman–Crippen LogP) is -2.14. The number of carbonyl (C=O) groups excluding carboxylic acids is 3. The number of nitrogens with two attached hydrogens (primary N) is 2. The first-order valence-corrected chi connectivity index (χ1v) is 9.75. The molecule has 0 aromatic rings. The van der Waals surface area contributed by atoms with Crippen LogP contribution in [0.2, 0.25) is 0 Å². The Morgan fingerprint density at radius 1 is 0.889 bits per heavy atom. The minimum absolute atomic E-state index is 0.00414. The molecule has 0 bridgehead atoms. The van der Waals surface area contributed by atoms with Crippen molar-refractivity contribution in [1.29, 1.82) is 0 Å². The molecule has 0 saturated heterocycles. The van der Waals surface area contributed by atoms with E-state index in [-0.39, 0.29) is 17.9 Å². The van der Waals surface area contributed by atoms with Crippen molar-refractivity contribution in [3.8, 4) is 0 Å². The molecule has 4 atom stereocenters. The van der Waals surface area contributed by atoms with Gasteiger partial charge in [0, 0.05) is 11.5 Å². The normalized spacial score (nSPS) is 15.1. The van der Waals surface area contributed by atoms with E-state index in [2.05, 4.69) is 41.2 Å². The van der Waals surface area contributed by atoms with Gasteiger partial charge in [0.15, 0.2) is 0 Å². The van der Waals surface area contributed by atoms with Crippen LogP contribution in [0.25, 0.3) is 0 Å². The highest BCUT2D eigenvalue weighted by Gasteiger charge is 2.28. The van der Waals surface area contributed by atoms with Crippen LogP contribution in [0.1, 0.15) is 26.2 Å². The molecule has 3 amide bonds. The number of carboxylic acids is 1. The average Bonchev–Trinajstić information content (AvgIpc) is 2.62. The lowest BCUT2D eigenvalue weighted by atomic mass is 10.1. The maximum absolute atomic E-state index is 12.4. The van der Waals surface area contributed by atoms with Crippen LogP contribution in [-0.4, -0.2) is 71.0 Å². The Bertz CT molecular complexity index is 521. The number of nitrogens with one attached hydrogen (secondary N) is 3. The van der Waals surface area contributed by atoms with Crippen molar-refractivity contribution in [1.82, 2.24) is 16.0 Å². The maximum atomic E-state index is 12.4. The van der Waals surface area contributed by atoms with Crippen LogP contribution < -0.4 is 27.4 Å². The predicted molar refractivity (Wildman–Crippen MR) is 108 cm³/mol. The maximum Gasteiger partial charge on any atom is 0.327 e. The number of aliphatic carboxylic acids is 1. The van der Waals surface area contributed by atoms with Crippen LogP contribution in [0.4, 0.5) is 0 Å². The standard InChI is InChI=1S/C15H29N5O5S2/c1-8(17)12(21)19-10(6-26)14(23)18-9(4-2-3-5-16)13(22)20-11(7-27)15(24)25/h8-11,26-27H,2-7,16-17H2,1H3,(H,18,23)(H,19,21)(H,20,22)(H,24,25). The topological polar surface area (TPSA) is 177 Å². The molecular formula is C15H29N5O5S2. The summed E-state index contributed by atoms with van der Waals surface area (Å²) >= 11 is 7.92. The van der Waals surface area contributed by atoms with Gasteiger partial charge in [-0.1, -0.05) is 0 Å². The summed E-state index contributed by atoms with van der Waals surface area (Å²) in [6.07, 6.45) is 1.44. The minimum atomic E-state index is -1.23. The molecule has 0 aliphatic heterocycles. The van der Waals surface area contributed by atoms with Crippen molar-refractivity contribution in [3.63, 3.8) is 0 Å². The van der Waals surface area contributed by atoms with Gasteiger partial charge in [0.1, 0.15) is 18.1 Å². The molecule has 156 valence electrons. The fourth-order valence-electron chi connectivity index (χ4n) is 1.99. The number of carboxylic acid groups (broad SMARTS) is 1. The molecule has 0 aromatic heterocycles. The molecule has 27 heavy (non-hydrogen) atoms. The van der Waals surface area contributed by atoms with Gasteiger partial charge < -0.3 is 32.5 Å². The highest BCUT2D eigenvalue weighted by Crippen LogP contribution is 2.04. The van der Waals surface area contributed by atoms with Crippen molar-refractivity contribution >= 4 is 48.9 Å². The van der Waals surface area contributed by atoms with Gasteiger partial charge in [-0.3, -0.25) is 14.4 Å². The van der Waals surface area contributed by atoms with E-state index in [1.54, 1.807) is 0 Å². The summed E-state index contributed by atoms with van der Waals surface area (Å²) < 4.78 is 0. The third kappa shape index (κ3) is 9.84. The third-order valence-corrected chi connectivity index (χ3v) is 4.34. The Morgan fingerprint density at radius 2 is 1.37 bits per heavy atom. The summed E-state index contributed by atoms with van der Waals surface area (Å²) in [6, 6.07) is -3.97. The summed E-state index contributed by atoms with van der Waals surface area (Å²) in [6.45, 7) is 1.88. The fourth-order valence-corrected chi connectivity index (χ4v) is 2.49. The Labute approximate surface area is 169 Å². The van der Waals surface area contributed by atoms with Gasteiger partial charge in [-0.2, -0.15) is 25.3 Å². The second-order valence-electron chi connectivity index (χ2n) is 5.96. The van der Waals surface area contributed by atoms with Gasteiger partial charge in [-0.05, 0) is 32.7 Å². The molecule has 0 heterocycles. The van der Waals surface area contributed by atoms with E-state index in [0.29, 0.717) is 19.4 Å². The van der Waals surface area contributed by atoms with E-state index < -0.39 is 47.9 Å². The lowest BCUT2D eigenvalue weighted by molar-refractivity contribution is -0.141. The molecule has 0 spiro atoms. The molecule has 10 nitrogen and oxygen atoms in total. The number of hydrogen-bond donors (Lipinski definition) is 8. The quantitative estimate of drug-likeness (QED) is 0.123. The minimum Gasteiger partial charge on any atom is -0.480 e. The van der Waals surface area contributed by atoms with Crippen molar-refractivity contribution < 1.29 is 24.3 Å². The SMILES string of the molecule is CC(N)C(=O)NC(CS)C(=O)NC(CCCCN)C(=O)NC(CS)C(=O)O. The molecule has 0 aliphatic rings. The van der Waals surface area contributed by atoms with Gasteiger partial charge in [0.2, 0.25) is 17.7 Å². The molecule has 8 N–H and O–H groups in total. The molecule has 0 radical (unpaired) electrons. The number of rotatable bonds is 13. The van der Waals surface area contributed by atoms with E-state index in [1.807, 2.05) is 0 Å².